The first-order valence-corrected chi connectivity index (χ1v) is 10.4. The van der Waals surface area contributed by atoms with Crippen LogP contribution < -0.4 is 0 Å². The number of carbonyl (C=O) groups is 1. The molecule has 0 bridgehead atoms. The van der Waals surface area contributed by atoms with E-state index in [2.05, 4.69) is 51.1 Å². The van der Waals surface area contributed by atoms with Gasteiger partial charge in [0.1, 0.15) is 5.82 Å². The summed E-state index contributed by atoms with van der Waals surface area (Å²) in [6, 6.07) is 12.6. The Bertz CT molecular complexity index is 990. The average Bonchev–Trinajstić information content (AvgIpc) is 3.13. The van der Waals surface area contributed by atoms with Crippen LogP contribution in [0.1, 0.15) is 43.0 Å². The molecule has 3 heterocycles. The maximum Gasteiger partial charge on any atom is 0.231 e. The van der Waals surface area contributed by atoms with Crippen LogP contribution in [0.3, 0.4) is 0 Å². The smallest absolute Gasteiger partial charge is 0.231 e. The Kier molecular flexibility index (Phi) is 4.45. The second-order valence-electron chi connectivity index (χ2n) is 8.41. The van der Waals surface area contributed by atoms with E-state index in [0.717, 1.165) is 37.3 Å². The van der Waals surface area contributed by atoms with Crippen molar-refractivity contribution < 1.29 is 4.79 Å². The number of carbonyl (C=O) groups excluding carboxylic acids is 1. The average molecular weight is 390 g/mol. The predicted molar refractivity (Wildman–Crippen MR) is 108 cm³/mol. The van der Waals surface area contributed by atoms with Gasteiger partial charge in [0.05, 0.1) is 24.5 Å². The zero-order valence-corrected chi connectivity index (χ0v) is 16.7. The van der Waals surface area contributed by atoms with Gasteiger partial charge >= 0.3 is 0 Å². The van der Waals surface area contributed by atoms with Gasteiger partial charge in [-0.1, -0.05) is 30.3 Å². The lowest BCUT2D eigenvalue weighted by Gasteiger charge is -2.35. The second kappa shape index (κ2) is 7.13. The van der Waals surface area contributed by atoms with Crippen LogP contribution in [0, 0.1) is 5.41 Å². The van der Waals surface area contributed by atoms with E-state index in [1.54, 1.807) is 6.20 Å². The molecule has 1 atom stereocenters. The number of aryl methyl sites for hydroxylation is 2. The van der Waals surface area contributed by atoms with E-state index < -0.39 is 0 Å². The first-order valence-electron chi connectivity index (χ1n) is 10.4. The molecule has 1 saturated carbocycles. The molecule has 1 fully saturated rings. The van der Waals surface area contributed by atoms with Crippen LogP contribution in [-0.4, -0.2) is 41.9 Å². The molecule has 1 aliphatic heterocycles. The van der Waals surface area contributed by atoms with Gasteiger partial charge < -0.3 is 9.47 Å². The molecule has 2 aliphatic rings. The van der Waals surface area contributed by atoms with E-state index in [1.807, 2.05) is 27.9 Å². The minimum Gasteiger partial charge on any atom is -0.333 e. The third-order valence-electron chi connectivity index (χ3n) is 6.19. The van der Waals surface area contributed by atoms with Gasteiger partial charge in [-0.15, -0.1) is 10.2 Å². The molecule has 0 spiro atoms. The third-order valence-corrected chi connectivity index (χ3v) is 6.19. The fourth-order valence-electron chi connectivity index (χ4n) is 4.47. The van der Waals surface area contributed by atoms with E-state index >= 15 is 0 Å². The summed E-state index contributed by atoms with van der Waals surface area (Å²) in [4.78, 5) is 15.3. The first-order chi connectivity index (χ1) is 14.1. The number of amides is 1. The largest absolute Gasteiger partial charge is 0.333 e. The molecule has 29 heavy (non-hydrogen) atoms. The molecule has 3 aromatic rings. The molecule has 5 rings (SSSR count). The van der Waals surface area contributed by atoms with Crippen LogP contribution in [0.25, 0.3) is 0 Å². The maximum atomic E-state index is 13.3. The van der Waals surface area contributed by atoms with Crippen molar-refractivity contribution in [3.05, 3.63) is 66.0 Å². The monoisotopic (exact) mass is 390 g/mol. The Hall–Kier alpha value is -2.96. The quantitative estimate of drug-likeness (QED) is 0.649. The van der Waals surface area contributed by atoms with E-state index in [0.29, 0.717) is 19.6 Å². The van der Waals surface area contributed by atoms with Gasteiger partial charge in [0.25, 0.3) is 0 Å². The van der Waals surface area contributed by atoms with Gasteiger partial charge in [-0.25, -0.2) is 0 Å². The lowest BCUT2D eigenvalue weighted by Crippen LogP contribution is -2.45. The van der Waals surface area contributed by atoms with Gasteiger partial charge in [0, 0.05) is 25.4 Å². The predicted octanol–water partition coefficient (Wildman–Crippen LogP) is 2.64. The molecule has 0 saturated heterocycles. The molecule has 1 aromatic carbocycles. The minimum absolute atomic E-state index is 0.184. The molecular formula is C22H26N6O. The van der Waals surface area contributed by atoms with Crippen LogP contribution in [0.5, 0.6) is 0 Å². The van der Waals surface area contributed by atoms with E-state index in [1.165, 1.54) is 5.56 Å². The summed E-state index contributed by atoms with van der Waals surface area (Å²) in [5, 5.41) is 13.2. The van der Waals surface area contributed by atoms with Crippen LogP contribution >= 0.6 is 0 Å². The topological polar surface area (TPSA) is 68.8 Å². The molecule has 1 aliphatic carbocycles. The van der Waals surface area contributed by atoms with E-state index in [4.69, 9.17) is 0 Å². The van der Waals surface area contributed by atoms with E-state index in [-0.39, 0.29) is 17.4 Å². The SMILES string of the molecule is C[C@H]1CN(C(=O)C2(Cn3cccn3)CC2)Cc2nnc(CCc3ccccc3)n21. The molecule has 0 unspecified atom stereocenters. The van der Waals surface area contributed by atoms with Gasteiger partial charge in [-0.3, -0.25) is 9.48 Å². The summed E-state index contributed by atoms with van der Waals surface area (Å²) >= 11 is 0. The van der Waals surface area contributed by atoms with Crippen molar-refractivity contribution in [3.63, 3.8) is 0 Å². The summed E-state index contributed by atoms with van der Waals surface area (Å²) < 4.78 is 4.11. The van der Waals surface area contributed by atoms with Gasteiger partial charge in [0.15, 0.2) is 5.82 Å². The molecular weight excluding hydrogens is 364 g/mol. The Morgan fingerprint density at radius 3 is 2.69 bits per heavy atom. The molecule has 2 aromatic heterocycles. The zero-order chi connectivity index (χ0) is 19.8. The third kappa shape index (κ3) is 3.45. The number of fused-ring (bicyclic) bond motifs is 1. The Morgan fingerprint density at radius 2 is 1.97 bits per heavy atom. The molecule has 7 nitrogen and oxygen atoms in total. The number of hydrogen-bond donors (Lipinski definition) is 0. The van der Waals surface area contributed by atoms with Crippen LogP contribution in [0.4, 0.5) is 0 Å². The maximum absolute atomic E-state index is 13.3. The van der Waals surface area contributed by atoms with Crippen LogP contribution in [0.2, 0.25) is 0 Å². The van der Waals surface area contributed by atoms with Gasteiger partial charge in [-0.2, -0.15) is 5.10 Å². The minimum atomic E-state index is -0.288. The van der Waals surface area contributed by atoms with Crippen LogP contribution in [0.15, 0.2) is 48.8 Å². The lowest BCUT2D eigenvalue weighted by molar-refractivity contribution is -0.139. The highest BCUT2D eigenvalue weighted by atomic mass is 16.2. The van der Waals surface area contributed by atoms with Crippen molar-refractivity contribution in [2.45, 2.75) is 51.7 Å². The fourth-order valence-corrected chi connectivity index (χ4v) is 4.47. The highest BCUT2D eigenvalue weighted by Gasteiger charge is 2.52. The number of aromatic nitrogens is 5. The normalized spacial score (nSPS) is 19.8. The van der Waals surface area contributed by atoms with Crippen molar-refractivity contribution >= 4 is 5.91 Å². The van der Waals surface area contributed by atoms with Crippen molar-refractivity contribution in [2.24, 2.45) is 5.41 Å². The zero-order valence-electron chi connectivity index (χ0n) is 16.7. The number of benzene rings is 1. The fraction of sp³-hybridized carbons (Fsp3) is 0.455. The Balaban J connectivity index is 1.29. The van der Waals surface area contributed by atoms with Crippen molar-refractivity contribution in [1.82, 2.24) is 29.4 Å². The van der Waals surface area contributed by atoms with Crippen molar-refractivity contribution in [1.29, 1.82) is 0 Å². The van der Waals surface area contributed by atoms with Gasteiger partial charge in [0.2, 0.25) is 5.91 Å². The second-order valence-corrected chi connectivity index (χ2v) is 8.41. The molecule has 0 N–H and O–H groups in total. The Morgan fingerprint density at radius 1 is 1.14 bits per heavy atom. The molecule has 0 radical (unpaired) electrons. The Labute approximate surface area is 170 Å². The van der Waals surface area contributed by atoms with Gasteiger partial charge in [-0.05, 0) is 37.8 Å². The highest BCUT2D eigenvalue weighted by Crippen LogP contribution is 2.49. The number of nitrogens with zero attached hydrogens (tertiary/aromatic N) is 6. The summed E-state index contributed by atoms with van der Waals surface area (Å²) in [5.41, 5.74) is 1.02. The summed E-state index contributed by atoms with van der Waals surface area (Å²) in [5.74, 6) is 2.15. The summed E-state index contributed by atoms with van der Waals surface area (Å²) in [7, 11) is 0. The van der Waals surface area contributed by atoms with Crippen molar-refractivity contribution in [3.8, 4) is 0 Å². The van der Waals surface area contributed by atoms with Crippen molar-refractivity contribution in [2.75, 3.05) is 6.54 Å². The first kappa shape index (κ1) is 18.1. The highest BCUT2D eigenvalue weighted by molar-refractivity contribution is 5.85. The number of hydrogen-bond acceptors (Lipinski definition) is 4. The number of rotatable bonds is 6. The van der Waals surface area contributed by atoms with Crippen LogP contribution in [-0.2, 0) is 30.7 Å². The standard InChI is InChI=1S/C22H26N6O/c1-17-14-26(21(29)22(10-11-22)16-27-13-5-12-23-27)15-20-25-24-19(28(17)20)9-8-18-6-3-2-4-7-18/h2-7,12-13,17H,8-11,14-16H2,1H3/t17-/m0/s1. The summed E-state index contributed by atoms with van der Waals surface area (Å²) in [6.45, 7) is 4.08. The lowest BCUT2D eigenvalue weighted by atomic mass is 10.0. The molecule has 150 valence electrons. The van der Waals surface area contributed by atoms with E-state index in [9.17, 15) is 4.79 Å². The molecule has 7 heteroatoms. The summed E-state index contributed by atoms with van der Waals surface area (Å²) in [6.07, 6.45) is 7.38. The molecule has 1 amide bonds.